The molecule has 0 aliphatic carbocycles. The third kappa shape index (κ3) is 2.93. The largest absolute Gasteiger partial charge is 0.328 e. The Labute approximate surface area is 134 Å². The van der Waals surface area contributed by atoms with Crippen LogP contribution in [0.2, 0.25) is 0 Å². The van der Waals surface area contributed by atoms with Crippen LogP contribution in [0.3, 0.4) is 0 Å². The summed E-state index contributed by atoms with van der Waals surface area (Å²) >= 11 is 6.80. The average molecular weight is 368 g/mol. The lowest BCUT2D eigenvalue weighted by Crippen LogP contribution is -2.19. The second-order valence-electron chi connectivity index (χ2n) is 4.66. The lowest BCUT2D eigenvalue weighted by Gasteiger charge is -2.07. The zero-order chi connectivity index (χ0) is 14.1. The molecule has 1 unspecified atom stereocenters. The van der Waals surface area contributed by atoms with Crippen LogP contribution in [-0.4, -0.2) is 15.4 Å². The number of nitrogens with zero attached hydrogens (tertiary/aromatic N) is 2. The lowest BCUT2D eigenvalue weighted by atomic mass is 10.2. The number of thiazole rings is 1. The van der Waals surface area contributed by atoms with E-state index in [4.69, 9.17) is 10.7 Å². The molecular weight excluding hydrogens is 354 g/mol. The highest BCUT2D eigenvalue weighted by atomic mass is 79.9. The normalized spacial score (nSPS) is 12.9. The van der Waals surface area contributed by atoms with Crippen LogP contribution in [0.5, 0.6) is 0 Å². The Bertz CT molecular complexity index is 716. The van der Waals surface area contributed by atoms with Gasteiger partial charge in [0.25, 0.3) is 0 Å². The minimum absolute atomic E-state index is 0.124. The van der Waals surface area contributed by atoms with Crippen LogP contribution in [0.1, 0.15) is 12.6 Å². The molecule has 0 aliphatic heterocycles. The van der Waals surface area contributed by atoms with Gasteiger partial charge in [0.1, 0.15) is 5.03 Å². The van der Waals surface area contributed by atoms with E-state index in [1.165, 1.54) is 10.6 Å². The van der Waals surface area contributed by atoms with Gasteiger partial charge in [0.05, 0.1) is 5.69 Å². The van der Waals surface area contributed by atoms with Crippen LogP contribution in [-0.2, 0) is 6.42 Å². The molecule has 2 N–H and O–H groups in total. The summed E-state index contributed by atoms with van der Waals surface area (Å²) in [6, 6.07) is 8.41. The highest BCUT2D eigenvalue weighted by Gasteiger charge is 2.15. The first-order chi connectivity index (χ1) is 9.63. The van der Waals surface area contributed by atoms with E-state index in [0.29, 0.717) is 0 Å². The van der Waals surface area contributed by atoms with Gasteiger partial charge in [0.15, 0.2) is 4.96 Å². The molecule has 6 heteroatoms. The first-order valence-electron chi connectivity index (χ1n) is 6.27. The van der Waals surface area contributed by atoms with Crippen LogP contribution in [0, 0.1) is 0 Å². The Hall–Kier alpha value is -0.820. The topological polar surface area (TPSA) is 43.3 Å². The number of hydrogen-bond acceptors (Lipinski definition) is 4. The average Bonchev–Trinajstić information content (AvgIpc) is 2.96. The minimum Gasteiger partial charge on any atom is -0.328 e. The van der Waals surface area contributed by atoms with Crippen molar-refractivity contribution >= 4 is 44.0 Å². The first-order valence-corrected chi connectivity index (χ1v) is 8.76. The van der Waals surface area contributed by atoms with E-state index < -0.39 is 0 Å². The predicted molar refractivity (Wildman–Crippen MR) is 88.7 cm³/mol. The van der Waals surface area contributed by atoms with Crippen LogP contribution in [0.15, 0.2) is 50.2 Å². The fourth-order valence-electron chi connectivity index (χ4n) is 2.00. The standard InChI is InChI=1S/C14H14BrN3S2/c1-9(16)8-12-13(17-14-18(12)6-7-19-14)20-11-4-2-10(15)3-5-11/h2-7,9H,8,16H2,1H3. The number of benzene rings is 1. The fraction of sp³-hybridized carbons (Fsp3) is 0.214. The summed E-state index contributed by atoms with van der Waals surface area (Å²) in [5, 5.41) is 3.11. The van der Waals surface area contributed by atoms with Crippen molar-refractivity contribution in [3.63, 3.8) is 0 Å². The van der Waals surface area contributed by atoms with Crippen molar-refractivity contribution in [1.82, 2.24) is 9.38 Å². The zero-order valence-corrected chi connectivity index (χ0v) is 14.1. The second-order valence-corrected chi connectivity index (χ2v) is 7.51. The summed E-state index contributed by atoms with van der Waals surface area (Å²) in [6.45, 7) is 2.03. The third-order valence-corrected chi connectivity index (χ3v) is 5.18. The number of imidazole rings is 1. The molecular formula is C14H14BrN3S2. The van der Waals surface area contributed by atoms with Gasteiger partial charge in [0.2, 0.25) is 0 Å². The summed E-state index contributed by atoms with van der Waals surface area (Å²) in [5.74, 6) is 0. The zero-order valence-electron chi connectivity index (χ0n) is 10.9. The van der Waals surface area contributed by atoms with Crippen molar-refractivity contribution < 1.29 is 0 Å². The SMILES string of the molecule is CC(N)Cc1c(Sc2ccc(Br)cc2)nc2sccn12. The van der Waals surface area contributed by atoms with Crippen LogP contribution in [0.4, 0.5) is 0 Å². The molecule has 20 heavy (non-hydrogen) atoms. The summed E-state index contributed by atoms with van der Waals surface area (Å²) in [5.41, 5.74) is 7.17. The van der Waals surface area contributed by atoms with Crippen molar-refractivity contribution in [2.24, 2.45) is 5.73 Å². The Morgan fingerprint density at radius 2 is 2.15 bits per heavy atom. The van der Waals surface area contributed by atoms with E-state index in [-0.39, 0.29) is 6.04 Å². The summed E-state index contributed by atoms with van der Waals surface area (Å²) in [4.78, 5) is 6.93. The molecule has 1 atom stereocenters. The van der Waals surface area contributed by atoms with Crippen LogP contribution < -0.4 is 5.73 Å². The summed E-state index contributed by atoms with van der Waals surface area (Å²) < 4.78 is 3.23. The molecule has 104 valence electrons. The lowest BCUT2D eigenvalue weighted by molar-refractivity contribution is 0.706. The maximum atomic E-state index is 5.97. The molecule has 3 rings (SSSR count). The van der Waals surface area contributed by atoms with Gasteiger partial charge in [-0.1, -0.05) is 27.7 Å². The molecule has 0 saturated carbocycles. The van der Waals surface area contributed by atoms with E-state index in [0.717, 1.165) is 20.9 Å². The molecule has 3 nitrogen and oxygen atoms in total. The van der Waals surface area contributed by atoms with Crippen LogP contribution >= 0.6 is 39.0 Å². The van der Waals surface area contributed by atoms with Crippen molar-refractivity contribution in [2.75, 3.05) is 0 Å². The van der Waals surface area contributed by atoms with Gasteiger partial charge < -0.3 is 5.73 Å². The molecule has 1 aromatic carbocycles. The summed E-state index contributed by atoms with van der Waals surface area (Å²) in [7, 11) is 0. The molecule has 0 amide bonds. The maximum absolute atomic E-state index is 5.97. The van der Waals surface area contributed by atoms with Gasteiger partial charge in [-0.25, -0.2) is 4.98 Å². The van der Waals surface area contributed by atoms with Gasteiger partial charge in [-0.05, 0) is 31.2 Å². The third-order valence-electron chi connectivity index (χ3n) is 2.87. The maximum Gasteiger partial charge on any atom is 0.194 e. The van der Waals surface area contributed by atoms with Gasteiger partial charge in [0, 0.05) is 33.4 Å². The van der Waals surface area contributed by atoms with Crippen molar-refractivity contribution in [1.29, 1.82) is 0 Å². The highest BCUT2D eigenvalue weighted by molar-refractivity contribution is 9.10. The van der Waals surface area contributed by atoms with E-state index >= 15 is 0 Å². The summed E-state index contributed by atoms with van der Waals surface area (Å²) in [6.07, 6.45) is 2.90. The van der Waals surface area contributed by atoms with E-state index in [1.54, 1.807) is 23.1 Å². The molecule has 2 heterocycles. The number of halogens is 1. The van der Waals surface area contributed by atoms with Crippen molar-refractivity contribution in [3.8, 4) is 0 Å². The monoisotopic (exact) mass is 367 g/mol. The smallest absolute Gasteiger partial charge is 0.194 e. The predicted octanol–water partition coefficient (Wildman–Crippen LogP) is 4.20. The number of fused-ring (bicyclic) bond motifs is 1. The fourth-order valence-corrected chi connectivity index (χ4v) is 3.98. The Morgan fingerprint density at radius 1 is 1.40 bits per heavy atom. The van der Waals surface area contributed by atoms with Gasteiger partial charge in [-0.3, -0.25) is 4.40 Å². The van der Waals surface area contributed by atoms with E-state index in [2.05, 4.69) is 44.0 Å². The van der Waals surface area contributed by atoms with Crippen molar-refractivity contribution in [3.05, 3.63) is 46.0 Å². The number of rotatable bonds is 4. The molecule has 0 radical (unpaired) electrons. The second kappa shape index (κ2) is 5.89. The van der Waals surface area contributed by atoms with Gasteiger partial charge >= 0.3 is 0 Å². The Kier molecular flexibility index (Phi) is 4.16. The molecule has 0 bridgehead atoms. The van der Waals surface area contributed by atoms with E-state index in [1.807, 2.05) is 19.1 Å². The molecule has 0 aliphatic rings. The molecule has 0 spiro atoms. The quantitative estimate of drug-likeness (QED) is 0.751. The Morgan fingerprint density at radius 3 is 2.85 bits per heavy atom. The van der Waals surface area contributed by atoms with E-state index in [9.17, 15) is 0 Å². The number of hydrogen-bond donors (Lipinski definition) is 1. The number of nitrogens with two attached hydrogens (primary N) is 1. The molecule has 0 saturated heterocycles. The molecule has 2 aromatic heterocycles. The minimum atomic E-state index is 0.124. The van der Waals surface area contributed by atoms with Gasteiger partial charge in [-0.15, -0.1) is 11.3 Å². The first kappa shape index (κ1) is 14.1. The molecule has 0 fully saturated rings. The highest BCUT2D eigenvalue weighted by Crippen LogP contribution is 2.32. The van der Waals surface area contributed by atoms with Crippen molar-refractivity contribution in [2.45, 2.75) is 29.3 Å². The molecule has 3 aromatic rings. The van der Waals surface area contributed by atoms with Crippen LogP contribution in [0.25, 0.3) is 4.96 Å². The number of aromatic nitrogens is 2. The Balaban J connectivity index is 1.97. The van der Waals surface area contributed by atoms with Gasteiger partial charge in [-0.2, -0.15) is 0 Å².